The molecule has 0 aliphatic carbocycles. The molecule has 0 saturated carbocycles. The minimum Gasteiger partial charge on any atom is -0.440 e. The topological polar surface area (TPSA) is 84.2 Å². The van der Waals surface area contributed by atoms with E-state index in [1.807, 2.05) is 17.5 Å². The number of amides is 2. The molecule has 0 fully saturated rings. The summed E-state index contributed by atoms with van der Waals surface area (Å²) in [6, 6.07) is 7.25. The number of carbonyl (C=O) groups excluding carboxylic acids is 2. The fourth-order valence-corrected chi connectivity index (χ4v) is 3.85. The van der Waals surface area contributed by atoms with E-state index in [0.29, 0.717) is 22.2 Å². The standard InChI is InChI=1S/C15H12BrN3O3S2/c1-8-9(17-15(22-8)11-3-2-6-23-11)7-13(20)18-19-14(21)10-4-5-12(16)24-10/h2-6H,7H2,1H3,(H,18,20)(H,19,21). The summed E-state index contributed by atoms with van der Waals surface area (Å²) < 4.78 is 6.43. The maximum absolute atomic E-state index is 12.0. The average molecular weight is 426 g/mol. The molecule has 2 amide bonds. The highest BCUT2D eigenvalue weighted by molar-refractivity contribution is 9.11. The van der Waals surface area contributed by atoms with Crippen molar-refractivity contribution in [2.75, 3.05) is 0 Å². The molecule has 0 atom stereocenters. The summed E-state index contributed by atoms with van der Waals surface area (Å²) in [7, 11) is 0. The molecule has 2 N–H and O–H groups in total. The lowest BCUT2D eigenvalue weighted by atomic mass is 10.2. The summed E-state index contributed by atoms with van der Waals surface area (Å²) in [6.07, 6.45) is 0.0229. The fraction of sp³-hybridized carbons (Fsp3) is 0.133. The van der Waals surface area contributed by atoms with Gasteiger partial charge in [-0.1, -0.05) is 6.07 Å². The number of hydrogen-bond acceptors (Lipinski definition) is 6. The van der Waals surface area contributed by atoms with Crippen molar-refractivity contribution in [3.8, 4) is 10.8 Å². The van der Waals surface area contributed by atoms with Gasteiger partial charge in [0.25, 0.3) is 5.91 Å². The number of aromatic nitrogens is 1. The largest absolute Gasteiger partial charge is 0.440 e. The van der Waals surface area contributed by atoms with E-state index in [9.17, 15) is 9.59 Å². The Morgan fingerprint density at radius 3 is 2.79 bits per heavy atom. The Kier molecular flexibility index (Phi) is 5.12. The van der Waals surface area contributed by atoms with Crippen LogP contribution >= 0.6 is 38.6 Å². The predicted octanol–water partition coefficient (Wildman–Crippen LogP) is 3.54. The van der Waals surface area contributed by atoms with Crippen molar-refractivity contribution < 1.29 is 14.0 Å². The summed E-state index contributed by atoms with van der Waals surface area (Å²) in [6.45, 7) is 1.76. The number of nitrogens with zero attached hydrogens (tertiary/aromatic N) is 1. The number of thiophene rings is 2. The van der Waals surface area contributed by atoms with Crippen molar-refractivity contribution in [2.45, 2.75) is 13.3 Å². The number of oxazole rings is 1. The van der Waals surface area contributed by atoms with Crippen LogP contribution in [0.5, 0.6) is 0 Å². The van der Waals surface area contributed by atoms with E-state index in [1.54, 1.807) is 19.1 Å². The van der Waals surface area contributed by atoms with Crippen LogP contribution in [0.2, 0.25) is 0 Å². The molecular weight excluding hydrogens is 414 g/mol. The van der Waals surface area contributed by atoms with Gasteiger partial charge in [-0.25, -0.2) is 4.98 Å². The minimum absolute atomic E-state index is 0.0229. The van der Waals surface area contributed by atoms with Gasteiger partial charge in [0.2, 0.25) is 11.8 Å². The molecule has 3 aromatic heterocycles. The van der Waals surface area contributed by atoms with Crippen molar-refractivity contribution in [2.24, 2.45) is 0 Å². The molecule has 0 radical (unpaired) electrons. The molecule has 9 heteroatoms. The zero-order valence-corrected chi connectivity index (χ0v) is 15.7. The molecule has 0 saturated heterocycles. The molecule has 0 aromatic carbocycles. The Balaban J connectivity index is 1.58. The van der Waals surface area contributed by atoms with Crippen LogP contribution in [-0.4, -0.2) is 16.8 Å². The van der Waals surface area contributed by atoms with E-state index < -0.39 is 0 Å². The van der Waals surface area contributed by atoms with Gasteiger partial charge in [-0.15, -0.1) is 22.7 Å². The van der Waals surface area contributed by atoms with Gasteiger partial charge in [0.15, 0.2) is 0 Å². The van der Waals surface area contributed by atoms with Crippen LogP contribution in [0.4, 0.5) is 0 Å². The second-order valence-electron chi connectivity index (χ2n) is 4.78. The minimum atomic E-state index is -0.367. The Labute approximate surface area is 154 Å². The SMILES string of the molecule is Cc1oc(-c2cccs2)nc1CC(=O)NNC(=O)c1ccc(Br)s1. The summed E-state index contributed by atoms with van der Waals surface area (Å²) in [4.78, 5) is 29.6. The summed E-state index contributed by atoms with van der Waals surface area (Å²) >= 11 is 6.08. The molecule has 3 heterocycles. The Morgan fingerprint density at radius 1 is 1.29 bits per heavy atom. The van der Waals surface area contributed by atoms with Crippen molar-refractivity contribution in [1.82, 2.24) is 15.8 Å². The van der Waals surface area contributed by atoms with Gasteiger partial charge in [0, 0.05) is 0 Å². The smallest absolute Gasteiger partial charge is 0.279 e. The molecular formula is C15H12BrN3O3S2. The lowest BCUT2D eigenvalue weighted by Crippen LogP contribution is -2.42. The maximum Gasteiger partial charge on any atom is 0.279 e. The zero-order valence-electron chi connectivity index (χ0n) is 12.5. The first-order valence-corrected chi connectivity index (χ1v) is 9.36. The molecule has 0 unspecified atom stereocenters. The molecule has 124 valence electrons. The van der Waals surface area contributed by atoms with Crippen molar-refractivity contribution in [3.05, 3.63) is 49.8 Å². The van der Waals surface area contributed by atoms with E-state index in [4.69, 9.17) is 4.42 Å². The third kappa shape index (κ3) is 3.92. The number of hydrazine groups is 1. The monoisotopic (exact) mass is 425 g/mol. The summed E-state index contributed by atoms with van der Waals surface area (Å²) in [5.74, 6) is 0.350. The van der Waals surface area contributed by atoms with Crippen LogP contribution in [0.1, 0.15) is 21.1 Å². The number of hydrogen-bond donors (Lipinski definition) is 2. The highest BCUT2D eigenvalue weighted by Crippen LogP contribution is 2.26. The van der Waals surface area contributed by atoms with E-state index in [0.717, 1.165) is 8.66 Å². The quantitative estimate of drug-likeness (QED) is 0.626. The highest BCUT2D eigenvalue weighted by Gasteiger charge is 2.16. The Bertz CT molecular complexity index is 871. The molecule has 0 spiro atoms. The van der Waals surface area contributed by atoms with Crippen LogP contribution in [0.25, 0.3) is 10.8 Å². The number of carbonyl (C=O) groups is 2. The fourth-order valence-electron chi connectivity index (χ4n) is 1.92. The predicted molar refractivity (Wildman–Crippen MR) is 95.9 cm³/mol. The van der Waals surface area contributed by atoms with Crippen LogP contribution in [0.3, 0.4) is 0 Å². The first-order valence-electron chi connectivity index (χ1n) is 6.87. The molecule has 6 nitrogen and oxygen atoms in total. The van der Waals surface area contributed by atoms with Gasteiger partial charge in [0.05, 0.1) is 25.7 Å². The van der Waals surface area contributed by atoms with Crippen molar-refractivity contribution in [3.63, 3.8) is 0 Å². The van der Waals surface area contributed by atoms with E-state index in [1.165, 1.54) is 22.7 Å². The highest BCUT2D eigenvalue weighted by atomic mass is 79.9. The third-order valence-corrected chi connectivity index (χ3v) is 5.55. The molecule has 0 aliphatic rings. The van der Waals surface area contributed by atoms with Gasteiger partial charge in [-0.05, 0) is 46.4 Å². The summed E-state index contributed by atoms with van der Waals surface area (Å²) in [5, 5.41) is 1.93. The number of nitrogens with one attached hydrogen (secondary N) is 2. The second-order valence-corrected chi connectivity index (χ2v) is 8.19. The number of halogens is 1. The zero-order chi connectivity index (χ0) is 17.1. The Morgan fingerprint density at radius 2 is 2.12 bits per heavy atom. The number of rotatable bonds is 4. The average Bonchev–Trinajstić information content (AvgIpc) is 3.27. The molecule has 0 bridgehead atoms. The van der Waals surface area contributed by atoms with Gasteiger partial charge >= 0.3 is 0 Å². The third-order valence-electron chi connectivity index (χ3n) is 3.07. The maximum atomic E-state index is 12.0. The molecule has 3 rings (SSSR count). The van der Waals surface area contributed by atoms with Crippen molar-refractivity contribution in [1.29, 1.82) is 0 Å². The van der Waals surface area contributed by atoms with Crippen LogP contribution in [0, 0.1) is 6.92 Å². The first-order chi connectivity index (χ1) is 11.5. The Hall–Kier alpha value is -1.97. The van der Waals surface area contributed by atoms with Gasteiger partial charge in [-0.2, -0.15) is 0 Å². The molecule has 0 aliphatic heterocycles. The van der Waals surface area contributed by atoms with Crippen LogP contribution in [0.15, 0.2) is 37.8 Å². The van der Waals surface area contributed by atoms with E-state index in [-0.39, 0.29) is 18.2 Å². The second kappa shape index (κ2) is 7.29. The number of aryl methyl sites for hydroxylation is 1. The molecule has 3 aromatic rings. The normalized spacial score (nSPS) is 10.6. The summed E-state index contributed by atoms with van der Waals surface area (Å²) in [5.41, 5.74) is 5.31. The first kappa shape index (κ1) is 16.9. The van der Waals surface area contributed by atoms with Gasteiger partial charge in [-0.3, -0.25) is 20.4 Å². The van der Waals surface area contributed by atoms with E-state index >= 15 is 0 Å². The molecule has 24 heavy (non-hydrogen) atoms. The van der Waals surface area contributed by atoms with Crippen LogP contribution < -0.4 is 10.9 Å². The van der Waals surface area contributed by atoms with Crippen LogP contribution in [-0.2, 0) is 11.2 Å². The lowest BCUT2D eigenvalue weighted by molar-refractivity contribution is -0.121. The lowest BCUT2D eigenvalue weighted by Gasteiger charge is -2.05. The van der Waals surface area contributed by atoms with Crippen molar-refractivity contribution >= 4 is 50.4 Å². The van der Waals surface area contributed by atoms with E-state index in [2.05, 4.69) is 31.8 Å². The van der Waals surface area contributed by atoms with Gasteiger partial charge < -0.3 is 4.42 Å². The van der Waals surface area contributed by atoms with Gasteiger partial charge in [0.1, 0.15) is 5.76 Å².